The van der Waals surface area contributed by atoms with E-state index in [1.54, 1.807) is 17.5 Å². The smallest absolute Gasteiger partial charge is 0.326 e. The van der Waals surface area contributed by atoms with Crippen LogP contribution in [0.3, 0.4) is 0 Å². The number of H-pyrrole nitrogens is 1. The molecule has 0 radical (unpaired) electrons. The molecule has 6 nitrogen and oxygen atoms in total. The first-order valence-corrected chi connectivity index (χ1v) is 6.09. The van der Waals surface area contributed by atoms with Crippen molar-refractivity contribution >= 4 is 23.2 Å². The van der Waals surface area contributed by atoms with E-state index in [9.17, 15) is 9.59 Å². The van der Waals surface area contributed by atoms with E-state index in [0.29, 0.717) is 10.6 Å². The first kappa shape index (κ1) is 12.3. The van der Waals surface area contributed by atoms with Crippen LogP contribution in [0.2, 0.25) is 0 Å². The first-order valence-electron chi connectivity index (χ1n) is 5.21. The number of aromatic amines is 1. The Labute approximate surface area is 107 Å². The van der Waals surface area contributed by atoms with Crippen molar-refractivity contribution in [2.75, 3.05) is 0 Å². The van der Waals surface area contributed by atoms with Gasteiger partial charge in [0, 0.05) is 18.3 Å². The molecule has 0 fully saturated rings. The van der Waals surface area contributed by atoms with E-state index in [2.05, 4.69) is 15.3 Å². The van der Waals surface area contributed by atoms with Crippen molar-refractivity contribution in [2.45, 2.75) is 12.5 Å². The zero-order valence-corrected chi connectivity index (χ0v) is 10.1. The van der Waals surface area contributed by atoms with Gasteiger partial charge in [0.2, 0.25) is 0 Å². The van der Waals surface area contributed by atoms with Crippen LogP contribution in [0.25, 0.3) is 0 Å². The summed E-state index contributed by atoms with van der Waals surface area (Å²) in [4.78, 5) is 29.9. The van der Waals surface area contributed by atoms with Crippen LogP contribution in [-0.4, -0.2) is 33.0 Å². The SMILES string of the molecule is O=C(NC(Cc1cnc[nH]1)C(=O)O)c1cccs1. The number of nitrogens with zero attached hydrogens (tertiary/aromatic N) is 1. The lowest BCUT2D eigenvalue weighted by atomic mass is 10.1. The second-order valence-corrected chi connectivity index (χ2v) is 4.57. The number of nitrogens with one attached hydrogen (secondary N) is 2. The predicted molar refractivity (Wildman–Crippen MR) is 65.5 cm³/mol. The molecule has 0 aliphatic heterocycles. The minimum Gasteiger partial charge on any atom is -0.480 e. The number of carbonyl (C=O) groups excluding carboxylic acids is 1. The van der Waals surface area contributed by atoms with Crippen LogP contribution in [0.4, 0.5) is 0 Å². The minimum absolute atomic E-state index is 0.173. The Hall–Kier alpha value is -2.15. The van der Waals surface area contributed by atoms with E-state index < -0.39 is 12.0 Å². The number of amides is 1. The summed E-state index contributed by atoms with van der Waals surface area (Å²) in [5.41, 5.74) is 0.661. The van der Waals surface area contributed by atoms with Gasteiger partial charge in [0.1, 0.15) is 6.04 Å². The van der Waals surface area contributed by atoms with Crippen molar-refractivity contribution in [3.05, 3.63) is 40.6 Å². The Morgan fingerprint density at radius 3 is 2.94 bits per heavy atom. The molecule has 0 spiro atoms. The summed E-state index contributed by atoms with van der Waals surface area (Å²) in [6, 6.07) is 2.42. The number of carbonyl (C=O) groups is 2. The first-order chi connectivity index (χ1) is 8.66. The highest BCUT2D eigenvalue weighted by Crippen LogP contribution is 2.09. The van der Waals surface area contributed by atoms with Crippen LogP contribution in [0.15, 0.2) is 30.0 Å². The van der Waals surface area contributed by atoms with Gasteiger partial charge in [-0.15, -0.1) is 11.3 Å². The van der Waals surface area contributed by atoms with Gasteiger partial charge in [-0.3, -0.25) is 4.79 Å². The van der Waals surface area contributed by atoms with Crippen LogP contribution in [-0.2, 0) is 11.2 Å². The quantitative estimate of drug-likeness (QED) is 0.748. The highest BCUT2D eigenvalue weighted by atomic mass is 32.1. The van der Waals surface area contributed by atoms with Crippen molar-refractivity contribution in [1.29, 1.82) is 0 Å². The fourth-order valence-electron chi connectivity index (χ4n) is 1.45. The van der Waals surface area contributed by atoms with Crippen molar-refractivity contribution in [2.24, 2.45) is 0 Å². The molecule has 0 saturated carbocycles. The molecular weight excluding hydrogens is 254 g/mol. The van der Waals surface area contributed by atoms with Crippen LogP contribution >= 0.6 is 11.3 Å². The third-order valence-electron chi connectivity index (χ3n) is 2.33. The summed E-state index contributed by atoms with van der Waals surface area (Å²) in [6.07, 6.45) is 3.18. The Bertz CT molecular complexity index is 522. The highest BCUT2D eigenvalue weighted by Gasteiger charge is 2.21. The molecule has 1 amide bonds. The number of carboxylic acid groups (broad SMARTS) is 1. The van der Waals surface area contributed by atoms with E-state index in [1.807, 2.05) is 0 Å². The Morgan fingerprint density at radius 2 is 2.39 bits per heavy atom. The number of carboxylic acids is 1. The van der Waals surface area contributed by atoms with Crippen LogP contribution in [0, 0.1) is 0 Å². The Kier molecular flexibility index (Phi) is 3.73. The average Bonchev–Trinajstić information content (AvgIpc) is 3.00. The van der Waals surface area contributed by atoms with Gasteiger partial charge in [-0.05, 0) is 11.4 Å². The van der Waals surface area contributed by atoms with Gasteiger partial charge in [-0.2, -0.15) is 0 Å². The fourth-order valence-corrected chi connectivity index (χ4v) is 2.08. The molecular formula is C11H11N3O3S. The summed E-state index contributed by atoms with van der Waals surface area (Å²) >= 11 is 1.27. The van der Waals surface area contributed by atoms with Gasteiger partial charge < -0.3 is 15.4 Å². The topological polar surface area (TPSA) is 95.1 Å². The molecule has 3 N–H and O–H groups in total. The monoisotopic (exact) mass is 265 g/mol. The van der Waals surface area contributed by atoms with Crippen LogP contribution < -0.4 is 5.32 Å². The van der Waals surface area contributed by atoms with Gasteiger partial charge in [0.25, 0.3) is 5.91 Å². The summed E-state index contributed by atoms with van der Waals surface area (Å²) in [6.45, 7) is 0. The standard InChI is InChI=1S/C11H11N3O3S/c15-10(9-2-1-3-18-9)14-8(11(16)17)4-7-5-12-6-13-7/h1-3,5-6,8H,4H2,(H,12,13)(H,14,15)(H,16,17). The van der Waals surface area contributed by atoms with E-state index >= 15 is 0 Å². The number of hydrogen-bond acceptors (Lipinski definition) is 4. The lowest BCUT2D eigenvalue weighted by Gasteiger charge is -2.12. The number of thiophene rings is 1. The molecule has 7 heteroatoms. The molecule has 18 heavy (non-hydrogen) atoms. The van der Waals surface area contributed by atoms with Gasteiger partial charge in [-0.1, -0.05) is 6.07 Å². The molecule has 0 bridgehead atoms. The van der Waals surface area contributed by atoms with E-state index in [-0.39, 0.29) is 12.3 Å². The molecule has 0 saturated heterocycles. The third-order valence-corrected chi connectivity index (χ3v) is 3.20. The summed E-state index contributed by atoms with van der Waals surface area (Å²) < 4.78 is 0. The maximum Gasteiger partial charge on any atom is 0.326 e. The van der Waals surface area contributed by atoms with Crippen molar-refractivity contribution < 1.29 is 14.7 Å². The van der Waals surface area contributed by atoms with Crippen molar-refractivity contribution in [3.8, 4) is 0 Å². The van der Waals surface area contributed by atoms with E-state index in [1.165, 1.54) is 23.9 Å². The maximum atomic E-state index is 11.8. The van der Waals surface area contributed by atoms with Crippen molar-refractivity contribution in [1.82, 2.24) is 15.3 Å². The fraction of sp³-hybridized carbons (Fsp3) is 0.182. The van der Waals surface area contributed by atoms with Crippen LogP contribution in [0.5, 0.6) is 0 Å². The second kappa shape index (κ2) is 5.46. The molecule has 1 atom stereocenters. The number of aliphatic carboxylic acids is 1. The third kappa shape index (κ3) is 2.95. The van der Waals surface area contributed by atoms with Gasteiger partial charge in [0.15, 0.2) is 0 Å². The maximum absolute atomic E-state index is 11.8. The zero-order valence-electron chi connectivity index (χ0n) is 9.29. The molecule has 2 rings (SSSR count). The predicted octanol–water partition coefficient (Wildman–Crippen LogP) is 0.897. The second-order valence-electron chi connectivity index (χ2n) is 3.62. The minimum atomic E-state index is -1.07. The van der Waals surface area contributed by atoms with Gasteiger partial charge in [-0.25, -0.2) is 9.78 Å². The van der Waals surface area contributed by atoms with Crippen molar-refractivity contribution in [3.63, 3.8) is 0 Å². The average molecular weight is 265 g/mol. The summed E-state index contributed by atoms with van der Waals surface area (Å²) in [5.74, 6) is -1.45. The lowest BCUT2D eigenvalue weighted by Crippen LogP contribution is -2.42. The van der Waals surface area contributed by atoms with Gasteiger partial charge >= 0.3 is 5.97 Å². The molecule has 2 heterocycles. The molecule has 0 aromatic carbocycles. The zero-order chi connectivity index (χ0) is 13.0. The highest BCUT2D eigenvalue weighted by molar-refractivity contribution is 7.12. The van der Waals surface area contributed by atoms with E-state index in [4.69, 9.17) is 5.11 Å². The van der Waals surface area contributed by atoms with E-state index in [0.717, 1.165) is 0 Å². The van der Waals surface area contributed by atoms with Gasteiger partial charge in [0.05, 0.1) is 11.2 Å². The number of aromatic nitrogens is 2. The number of imidazole rings is 1. The molecule has 94 valence electrons. The summed E-state index contributed by atoms with van der Waals surface area (Å²) in [7, 11) is 0. The Morgan fingerprint density at radius 1 is 1.56 bits per heavy atom. The normalized spacial score (nSPS) is 12.0. The summed E-state index contributed by atoms with van der Waals surface area (Å²) in [5, 5.41) is 13.3. The molecule has 1 unspecified atom stereocenters. The Balaban J connectivity index is 2.03. The molecule has 0 aliphatic rings. The molecule has 2 aromatic rings. The number of hydrogen-bond donors (Lipinski definition) is 3. The van der Waals surface area contributed by atoms with Crippen LogP contribution in [0.1, 0.15) is 15.4 Å². The number of rotatable bonds is 5. The molecule has 2 aromatic heterocycles. The molecule has 0 aliphatic carbocycles. The lowest BCUT2D eigenvalue weighted by molar-refractivity contribution is -0.139. The largest absolute Gasteiger partial charge is 0.480 e.